The molecule has 1 saturated heterocycles. The highest BCUT2D eigenvalue weighted by molar-refractivity contribution is 5.55. The molecule has 1 fully saturated rings. The van der Waals surface area contributed by atoms with Crippen molar-refractivity contribution in [3.63, 3.8) is 0 Å². The van der Waals surface area contributed by atoms with E-state index in [0.29, 0.717) is 6.04 Å². The van der Waals surface area contributed by atoms with Gasteiger partial charge in [0.2, 0.25) is 0 Å². The minimum absolute atomic E-state index is 0.422. The summed E-state index contributed by atoms with van der Waals surface area (Å²) in [6.45, 7) is 7.51. The second-order valence-corrected chi connectivity index (χ2v) is 5.65. The molecule has 1 atom stereocenters. The van der Waals surface area contributed by atoms with E-state index in [-0.39, 0.29) is 0 Å². The Morgan fingerprint density at radius 1 is 1.05 bits per heavy atom. The maximum Gasteiger partial charge on any atom is 0.0498 e. The van der Waals surface area contributed by atoms with E-state index >= 15 is 0 Å². The van der Waals surface area contributed by atoms with Gasteiger partial charge in [-0.05, 0) is 31.0 Å². The minimum Gasteiger partial charge on any atom is -0.368 e. The topological polar surface area (TPSA) is 15.3 Å². The lowest BCUT2D eigenvalue weighted by Crippen LogP contribution is -2.46. The van der Waals surface area contributed by atoms with Crippen LogP contribution in [-0.4, -0.2) is 19.6 Å². The number of rotatable bonds is 2. The molecule has 2 nitrogen and oxygen atoms in total. The third-order valence-electron chi connectivity index (χ3n) is 4.07. The molecule has 0 aromatic heterocycles. The fraction of sp³-hybridized carbons (Fsp3) is 0.333. The summed E-state index contributed by atoms with van der Waals surface area (Å²) >= 11 is 0. The Morgan fingerprint density at radius 3 is 2.60 bits per heavy atom. The Morgan fingerprint density at radius 2 is 1.85 bits per heavy atom. The van der Waals surface area contributed by atoms with Crippen LogP contribution in [-0.2, 0) is 0 Å². The molecule has 1 aliphatic heterocycles. The fourth-order valence-corrected chi connectivity index (χ4v) is 3.04. The van der Waals surface area contributed by atoms with E-state index in [9.17, 15) is 0 Å². The molecule has 1 N–H and O–H groups in total. The Labute approximate surface area is 121 Å². The van der Waals surface area contributed by atoms with Crippen molar-refractivity contribution in [3.8, 4) is 0 Å². The first kappa shape index (κ1) is 13.2. The number of hydrogen-bond acceptors (Lipinski definition) is 2. The lowest BCUT2D eigenvalue weighted by atomic mass is 10.0. The lowest BCUT2D eigenvalue weighted by molar-refractivity contribution is 0.471. The number of piperazine rings is 1. The van der Waals surface area contributed by atoms with Gasteiger partial charge in [0.15, 0.2) is 0 Å². The van der Waals surface area contributed by atoms with Crippen LogP contribution in [0.25, 0.3) is 0 Å². The molecule has 104 valence electrons. The van der Waals surface area contributed by atoms with Gasteiger partial charge >= 0.3 is 0 Å². The first-order valence-electron chi connectivity index (χ1n) is 7.34. The highest BCUT2D eigenvalue weighted by Crippen LogP contribution is 2.25. The summed E-state index contributed by atoms with van der Waals surface area (Å²) in [6.07, 6.45) is 0. The number of hydrogen-bond donors (Lipinski definition) is 1. The number of anilines is 1. The van der Waals surface area contributed by atoms with Gasteiger partial charge in [-0.1, -0.05) is 48.0 Å². The molecule has 20 heavy (non-hydrogen) atoms. The number of benzene rings is 2. The Bertz CT molecular complexity index is 577. The SMILES string of the molecule is Cc1ccc(N2CCNC(c3ccccc3)C2)c(C)c1. The zero-order valence-electron chi connectivity index (χ0n) is 12.3. The van der Waals surface area contributed by atoms with E-state index in [1.807, 2.05) is 0 Å². The Kier molecular flexibility index (Phi) is 3.75. The average molecular weight is 266 g/mol. The van der Waals surface area contributed by atoms with Gasteiger partial charge in [0.1, 0.15) is 0 Å². The molecule has 1 heterocycles. The van der Waals surface area contributed by atoms with Crippen molar-refractivity contribution in [2.45, 2.75) is 19.9 Å². The molecule has 1 aliphatic rings. The van der Waals surface area contributed by atoms with Crippen molar-refractivity contribution in [2.75, 3.05) is 24.5 Å². The quantitative estimate of drug-likeness (QED) is 0.895. The van der Waals surface area contributed by atoms with Crippen LogP contribution < -0.4 is 10.2 Å². The van der Waals surface area contributed by atoms with Crippen LogP contribution in [0.5, 0.6) is 0 Å². The standard InChI is InChI=1S/C18H22N2/c1-14-8-9-18(15(2)12-14)20-11-10-19-17(13-20)16-6-4-3-5-7-16/h3-9,12,17,19H,10-11,13H2,1-2H3. The van der Waals surface area contributed by atoms with E-state index in [1.165, 1.54) is 22.4 Å². The monoisotopic (exact) mass is 266 g/mol. The van der Waals surface area contributed by atoms with Gasteiger partial charge < -0.3 is 10.2 Å². The summed E-state index contributed by atoms with van der Waals surface area (Å²) in [5.41, 5.74) is 5.46. The summed E-state index contributed by atoms with van der Waals surface area (Å²) < 4.78 is 0. The minimum atomic E-state index is 0.422. The van der Waals surface area contributed by atoms with Gasteiger partial charge in [-0.2, -0.15) is 0 Å². The molecule has 0 bridgehead atoms. The first-order valence-corrected chi connectivity index (χ1v) is 7.34. The molecule has 2 heteroatoms. The second-order valence-electron chi connectivity index (χ2n) is 5.65. The van der Waals surface area contributed by atoms with E-state index in [2.05, 4.69) is 72.6 Å². The lowest BCUT2D eigenvalue weighted by Gasteiger charge is -2.36. The van der Waals surface area contributed by atoms with E-state index in [1.54, 1.807) is 0 Å². The van der Waals surface area contributed by atoms with Crippen molar-refractivity contribution in [2.24, 2.45) is 0 Å². The summed E-state index contributed by atoms with van der Waals surface area (Å²) in [5, 5.41) is 3.62. The summed E-state index contributed by atoms with van der Waals surface area (Å²) in [7, 11) is 0. The van der Waals surface area contributed by atoms with Gasteiger partial charge in [-0.25, -0.2) is 0 Å². The van der Waals surface area contributed by atoms with Gasteiger partial charge in [-0.15, -0.1) is 0 Å². The largest absolute Gasteiger partial charge is 0.368 e. The van der Waals surface area contributed by atoms with Crippen molar-refractivity contribution < 1.29 is 0 Å². The van der Waals surface area contributed by atoms with Crippen LogP contribution in [0, 0.1) is 13.8 Å². The molecular formula is C18H22N2. The van der Waals surface area contributed by atoms with Crippen LogP contribution in [0.4, 0.5) is 5.69 Å². The van der Waals surface area contributed by atoms with E-state index < -0.39 is 0 Å². The third kappa shape index (κ3) is 2.70. The fourth-order valence-electron chi connectivity index (χ4n) is 3.04. The molecule has 0 amide bonds. The molecular weight excluding hydrogens is 244 g/mol. The number of nitrogens with one attached hydrogen (secondary N) is 1. The Hall–Kier alpha value is -1.80. The van der Waals surface area contributed by atoms with Gasteiger partial charge in [-0.3, -0.25) is 0 Å². The van der Waals surface area contributed by atoms with Crippen molar-refractivity contribution in [3.05, 3.63) is 65.2 Å². The highest BCUT2D eigenvalue weighted by Gasteiger charge is 2.21. The second kappa shape index (κ2) is 5.68. The smallest absolute Gasteiger partial charge is 0.0498 e. The summed E-state index contributed by atoms with van der Waals surface area (Å²) in [6, 6.07) is 17.9. The predicted molar refractivity (Wildman–Crippen MR) is 85.3 cm³/mol. The maximum atomic E-state index is 3.62. The first-order chi connectivity index (χ1) is 9.74. The van der Waals surface area contributed by atoms with Crippen LogP contribution in [0.2, 0.25) is 0 Å². The zero-order valence-corrected chi connectivity index (χ0v) is 12.3. The molecule has 0 aliphatic carbocycles. The number of nitrogens with zero attached hydrogens (tertiary/aromatic N) is 1. The average Bonchev–Trinajstić information content (AvgIpc) is 2.48. The van der Waals surface area contributed by atoms with Crippen LogP contribution in [0.1, 0.15) is 22.7 Å². The summed E-state index contributed by atoms with van der Waals surface area (Å²) in [5.74, 6) is 0. The Balaban J connectivity index is 1.81. The van der Waals surface area contributed by atoms with E-state index in [4.69, 9.17) is 0 Å². The predicted octanol–water partition coefficient (Wildman–Crippen LogP) is 3.45. The van der Waals surface area contributed by atoms with Crippen LogP contribution in [0.3, 0.4) is 0 Å². The van der Waals surface area contributed by atoms with Crippen LogP contribution >= 0.6 is 0 Å². The molecule has 0 radical (unpaired) electrons. The molecule has 2 aromatic rings. The van der Waals surface area contributed by atoms with E-state index in [0.717, 1.165) is 19.6 Å². The molecule has 0 saturated carbocycles. The molecule has 1 unspecified atom stereocenters. The van der Waals surface area contributed by atoms with Crippen LogP contribution in [0.15, 0.2) is 48.5 Å². The third-order valence-corrected chi connectivity index (χ3v) is 4.07. The normalized spacial score (nSPS) is 19.1. The van der Waals surface area contributed by atoms with Crippen molar-refractivity contribution in [1.29, 1.82) is 0 Å². The van der Waals surface area contributed by atoms with Gasteiger partial charge in [0.05, 0.1) is 0 Å². The zero-order chi connectivity index (χ0) is 13.9. The highest BCUT2D eigenvalue weighted by atomic mass is 15.2. The maximum absolute atomic E-state index is 3.62. The summed E-state index contributed by atoms with van der Waals surface area (Å²) in [4.78, 5) is 2.50. The van der Waals surface area contributed by atoms with Crippen molar-refractivity contribution in [1.82, 2.24) is 5.32 Å². The molecule has 3 rings (SSSR count). The molecule has 2 aromatic carbocycles. The molecule has 0 spiro atoms. The van der Waals surface area contributed by atoms with Gasteiger partial charge in [0.25, 0.3) is 0 Å². The van der Waals surface area contributed by atoms with Gasteiger partial charge in [0, 0.05) is 31.4 Å². The van der Waals surface area contributed by atoms with Crippen molar-refractivity contribution >= 4 is 5.69 Å². The number of aryl methyl sites for hydroxylation is 2.